The van der Waals surface area contributed by atoms with Crippen molar-refractivity contribution < 1.29 is 9.59 Å². The Morgan fingerprint density at radius 2 is 2.04 bits per heavy atom. The molecule has 0 aliphatic carbocycles. The second kappa shape index (κ2) is 8.43. The van der Waals surface area contributed by atoms with Crippen LogP contribution in [0.25, 0.3) is 0 Å². The number of likely N-dealkylation sites (tertiary alicyclic amines) is 2. The lowest BCUT2D eigenvalue weighted by molar-refractivity contribution is -0.143. The molecule has 1 spiro atoms. The van der Waals surface area contributed by atoms with E-state index in [-0.39, 0.29) is 17.2 Å². The molecular formula is C22H27N3O2S. The van der Waals surface area contributed by atoms with Crippen molar-refractivity contribution in [2.24, 2.45) is 5.41 Å². The molecule has 2 amide bonds. The van der Waals surface area contributed by atoms with Crippen LogP contribution in [0, 0.1) is 5.41 Å². The summed E-state index contributed by atoms with van der Waals surface area (Å²) in [5.41, 5.74) is 2.35. The number of thiophene rings is 1. The van der Waals surface area contributed by atoms with Crippen LogP contribution in [-0.2, 0) is 22.6 Å². The smallest absolute Gasteiger partial charge is 0.222 e. The lowest BCUT2D eigenvalue weighted by Crippen LogP contribution is -2.52. The van der Waals surface area contributed by atoms with E-state index >= 15 is 0 Å². The van der Waals surface area contributed by atoms with Gasteiger partial charge in [0.1, 0.15) is 0 Å². The van der Waals surface area contributed by atoms with E-state index in [1.807, 2.05) is 28.0 Å². The highest BCUT2D eigenvalue weighted by Crippen LogP contribution is 2.40. The number of aromatic nitrogens is 1. The molecule has 2 aromatic heterocycles. The van der Waals surface area contributed by atoms with E-state index in [0.29, 0.717) is 19.4 Å². The maximum atomic E-state index is 12.6. The van der Waals surface area contributed by atoms with Crippen molar-refractivity contribution in [3.63, 3.8) is 0 Å². The highest BCUT2D eigenvalue weighted by molar-refractivity contribution is 7.07. The molecule has 28 heavy (non-hydrogen) atoms. The molecule has 2 aliphatic rings. The topological polar surface area (TPSA) is 53.5 Å². The Bertz CT molecular complexity index is 798. The molecule has 0 unspecified atom stereocenters. The minimum atomic E-state index is 0.160. The van der Waals surface area contributed by atoms with E-state index in [2.05, 4.69) is 21.8 Å². The Morgan fingerprint density at radius 3 is 2.75 bits per heavy atom. The maximum absolute atomic E-state index is 12.6. The van der Waals surface area contributed by atoms with Crippen molar-refractivity contribution in [1.82, 2.24) is 14.8 Å². The molecule has 2 aliphatic heterocycles. The predicted molar refractivity (Wildman–Crippen MR) is 110 cm³/mol. The van der Waals surface area contributed by atoms with Crippen molar-refractivity contribution in [2.75, 3.05) is 19.6 Å². The van der Waals surface area contributed by atoms with Crippen LogP contribution in [0.4, 0.5) is 0 Å². The number of amides is 2. The number of piperidine rings is 2. The summed E-state index contributed by atoms with van der Waals surface area (Å²) >= 11 is 1.68. The van der Waals surface area contributed by atoms with Crippen LogP contribution >= 0.6 is 11.3 Å². The molecule has 2 aromatic rings. The number of hydrogen-bond donors (Lipinski definition) is 0. The van der Waals surface area contributed by atoms with Gasteiger partial charge in [0.05, 0.1) is 12.2 Å². The van der Waals surface area contributed by atoms with Gasteiger partial charge in [-0.1, -0.05) is 6.07 Å². The highest BCUT2D eigenvalue weighted by atomic mass is 32.1. The third-order valence-electron chi connectivity index (χ3n) is 6.21. The van der Waals surface area contributed by atoms with Crippen LogP contribution in [-0.4, -0.2) is 46.2 Å². The van der Waals surface area contributed by atoms with Crippen LogP contribution in [0.2, 0.25) is 0 Å². The zero-order valence-electron chi connectivity index (χ0n) is 16.2. The molecule has 5 nitrogen and oxygen atoms in total. The summed E-state index contributed by atoms with van der Waals surface area (Å²) in [6, 6.07) is 7.93. The van der Waals surface area contributed by atoms with Gasteiger partial charge < -0.3 is 9.80 Å². The molecule has 0 atom stereocenters. The van der Waals surface area contributed by atoms with Gasteiger partial charge in [-0.3, -0.25) is 14.6 Å². The molecule has 0 aromatic carbocycles. The molecule has 2 fully saturated rings. The third-order valence-corrected chi connectivity index (χ3v) is 6.94. The van der Waals surface area contributed by atoms with E-state index in [1.165, 1.54) is 5.56 Å². The average Bonchev–Trinajstić information content (AvgIpc) is 3.24. The standard InChI is InChI=1S/C22H27N3O2S/c26-20(5-4-18-7-14-28-16-18)24-12-9-22(10-13-24)8-6-21(27)25(17-22)15-19-3-1-2-11-23-19/h1-3,7,11,14,16H,4-6,8-10,12-13,15,17H2. The zero-order valence-corrected chi connectivity index (χ0v) is 17.0. The minimum absolute atomic E-state index is 0.160. The van der Waals surface area contributed by atoms with Crippen molar-refractivity contribution in [3.05, 3.63) is 52.5 Å². The molecule has 0 bridgehead atoms. The number of carbonyl (C=O) groups excluding carboxylic acids is 2. The summed E-state index contributed by atoms with van der Waals surface area (Å²) in [6.45, 7) is 3.01. The average molecular weight is 398 g/mol. The van der Waals surface area contributed by atoms with E-state index in [4.69, 9.17) is 0 Å². The van der Waals surface area contributed by atoms with Gasteiger partial charge in [-0.25, -0.2) is 0 Å². The fourth-order valence-corrected chi connectivity index (χ4v) is 5.12. The molecular weight excluding hydrogens is 370 g/mol. The molecule has 0 N–H and O–H groups in total. The number of rotatable bonds is 5. The number of carbonyl (C=O) groups is 2. The SMILES string of the molecule is O=C(CCc1ccsc1)N1CCC2(CCC(=O)N(Cc3ccccn3)C2)CC1. The Labute approximate surface area is 170 Å². The summed E-state index contributed by atoms with van der Waals surface area (Å²) in [5, 5.41) is 4.18. The Morgan fingerprint density at radius 1 is 1.18 bits per heavy atom. The summed E-state index contributed by atoms with van der Waals surface area (Å²) in [5.74, 6) is 0.490. The van der Waals surface area contributed by atoms with E-state index in [0.717, 1.165) is 51.0 Å². The quantitative estimate of drug-likeness (QED) is 0.776. The second-order valence-corrected chi connectivity index (χ2v) is 8.86. The monoisotopic (exact) mass is 397 g/mol. The molecule has 0 radical (unpaired) electrons. The normalized spacial score (nSPS) is 19.2. The first-order valence-corrected chi connectivity index (χ1v) is 11.0. The highest BCUT2D eigenvalue weighted by Gasteiger charge is 2.41. The van der Waals surface area contributed by atoms with Gasteiger partial charge in [-0.15, -0.1) is 0 Å². The fraction of sp³-hybridized carbons (Fsp3) is 0.500. The van der Waals surface area contributed by atoms with Crippen molar-refractivity contribution in [3.8, 4) is 0 Å². The molecule has 0 saturated carbocycles. The van der Waals surface area contributed by atoms with Gasteiger partial charge >= 0.3 is 0 Å². The number of pyridine rings is 1. The first-order chi connectivity index (χ1) is 13.6. The van der Waals surface area contributed by atoms with Crippen LogP contribution in [0.3, 0.4) is 0 Å². The summed E-state index contributed by atoms with van der Waals surface area (Å²) in [4.78, 5) is 33.4. The molecule has 4 heterocycles. The zero-order chi connectivity index (χ0) is 19.4. The van der Waals surface area contributed by atoms with Gasteiger partial charge in [0.2, 0.25) is 11.8 Å². The van der Waals surface area contributed by atoms with Gasteiger partial charge in [0.15, 0.2) is 0 Å². The van der Waals surface area contributed by atoms with Gasteiger partial charge in [-0.05, 0) is 65.6 Å². The first kappa shape index (κ1) is 19.1. The molecule has 148 valence electrons. The van der Waals surface area contributed by atoms with Crippen LogP contribution in [0.5, 0.6) is 0 Å². The van der Waals surface area contributed by atoms with E-state index in [9.17, 15) is 9.59 Å². The van der Waals surface area contributed by atoms with Gasteiger partial charge in [0.25, 0.3) is 0 Å². The molecule has 4 rings (SSSR count). The van der Waals surface area contributed by atoms with Crippen molar-refractivity contribution in [1.29, 1.82) is 0 Å². The second-order valence-electron chi connectivity index (χ2n) is 8.08. The fourth-order valence-electron chi connectivity index (χ4n) is 4.42. The summed E-state index contributed by atoms with van der Waals surface area (Å²) in [7, 11) is 0. The molecule has 6 heteroatoms. The van der Waals surface area contributed by atoms with E-state index in [1.54, 1.807) is 17.5 Å². The van der Waals surface area contributed by atoms with Crippen LogP contribution < -0.4 is 0 Å². The Kier molecular flexibility index (Phi) is 5.76. The van der Waals surface area contributed by atoms with Crippen molar-refractivity contribution in [2.45, 2.75) is 45.1 Å². The summed E-state index contributed by atoms with van der Waals surface area (Å²) in [6.07, 6.45) is 6.73. The van der Waals surface area contributed by atoms with E-state index < -0.39 is 0 Å². The van der Waals surface area contributed by atoms with Gasteiger partial charge in [-0.2, -0.15) is 11.3 Å². The first-order valence-electron chi connectivity index (χ1n) is 10.1. The molecule has 2 saturated heterocycles. The van der Waals surface area contributed by atoms with Crippen LogP contribution in [0.15, 0.2) is 41.2 Å². The predicted octanol–water partition coefficient (Wildman–Crippen LogP) is 3.51. The van der Waals surface area contributed by atoms with Crippen molar-refractivity contribution >= 4 is 23.2 Å². The largest absolute Gasteiger partial charge is 0.343 e. The maximum Gasteiger partial charge on any atom is 0.222 e. The minimum Gasteiger partial charge on any atom is -0.343 e. The Hall–Kier alpha value is -2.21. The lowest BCUT2D eigenvalue weighted by Gasteiger charge is -2.47. The number of aryl methyl sites for hydroxylation is 1. The lowest BCUT2D eigenvalue weighted by atomic mass is 9.72. The number of hydrogen-bond acceptors (Lipinski definition) is 4. The van der Waals surface area contributed by atoms with Gasteiger partial charge in [0, 0.05) is 38.7 Å². The summed E-state index contributed by atoms with van der Waals surface area (Å²) < 4.78 is 0. The van der Waals surface area contributed by atoms with Crippen LogP contribution in [0.1, 0.15) is 43.4 Å². The Balaban J connectivity index is 1.31. The number of nitrogens with zero attached hydrogens (tertiary/aromatic N) is 3. The third kappa shape index (κ3) is 4.43.